The van der Waals surface area contributed by atoms with Crippen LogP contribution < -0.4 is 0 Å². The van der Waals surface area contributed by atoms with E-state index in [2.05, 4.69) is 4.74 Å². The Morgan fingerprint density at radius 3 is 2.26 bits per heavy atom. The van der Waals surface area contributed by atoms with E-state index in [0.717, 1.165) is 13.2 Å². The summed E-state index contributed by atoms with van der Waals surface area (Å²) in [5.74, 6) is -5.06. The van der Waals surface area contributed by atoms with E-state index in [0.29, 0.717) is 0 Å². The van der Waals surface area contributed by atoms with E-state index in [4.69, 9.17) is 55.9 Å². The topological polar surface area (TPSA) is 78.9 Å². The van der Waals surface area contributed by atoms with Crippen LogP contribution in [0.1, 0.15) is 15.9 Å². The molecular formula is C13H4Cl4O6. The fourth-order valence-electron chi connectivity index (χ4n) is 2.37. The molecule has 0 fully saturated rings. The number of rotatable bonds is 1. The Morgan fingerprint density at radius 2 is 1.65 bits per heavy atom. The Morgan fingerprint density at radius 1 is 1.04 bits per heavy atom. The molecule has 10 heteroatoms. The summed E-state index contributed by atoms with van der Waals surface area (Å²) < 4.78 is 14.8. The summed E-state index contributed by atoms with van der Waals surface area (Å²) in [7, 11) is 1.08. The summed E-state index contributed by atoms with van der Waals surface area (Å²) in [4.78, 5) is 35.8. The van der Waals surface area contributed by atoms with Crippen LogP contribution in [0.4, 0.5) is 0 Å². The van der Waals surface area contributed by atoms with Crippen molar-refractivity contribution < 1.29 is 28.6 Å². The van der Waals surface area contributed by atoms with Crippen LogP contribution in [-0.2, 0) is 29.6 Å². The van der Waals surface area contributed by atoms with Crippen LogP contribution in [0, 0.1) is 0 Å². The van der Waals surface area contributed by atoms with Gasteiger partial charge in [-0.25, -0.2) is 14.4 Å². The van der Waals surface area contributed by atoms with Gasteiger partial charge in [-0.15, -0.1) is 0 Å². The lowest BCUT2D eigenvalue weighted by atomic mass is 9.96. The van der Waals surface area contributed by atoms with E-state index in [1.807, 2.05) is 0 Å². The Bertz CT molecular complexity index is 830. The maximum Gasteiger partial charge on any atom is 0.344 e. The van der Waals surface area contributed by atoms with Gasteiger partial charge in [0.15, 0.2) is 0 Å². The molecule has 23 heavy (non-hydrogen) atoms. The Labute approximate surface area is 148 Å². The molecule has 1 unspecified atom stereocenters. The van der Waals surface area contributed by atoms with Gasteiger partial charge in [-0.05, 0) is 0 Å². The van der Waals surface area contributed by atoms with E-state index in [1.54, 1.807) is 0 Å². The second-order valence-corrected chi connectivity index (χ2v) is 5.99. The van der Waals surface area contributed by atoms with Gasteiger partial charge in [0, 0.05) is 6.08 Å². The van der Waals surface area contributed by atoms with Crippen LogP contribution in [0.25, 0.3) is 0 Å². The first-order valence-electron chi connectivity index (χ1n) is 5.87. The Kier molecular flexibility index (Phi) is 3.76. The van der Waals surface area contributed by atoms with Crippen molar-refractivity contribution in [1.82, 2.24) is 0 Å². The number of hydrogen-bond donors (Lipinski definition) is 0. The second kappa shape index (κ2) is 5.27. The lowest BCUT2D eigenvalue weighted by molar-refractivity contribution is -0.184. The summed E-state index contributed by atoms with van der Waals surface area (Å²) in [5.41, 5.74) is -0.782. The van der Waals surface area contributed by atoms with Gasteiger partial charge in [-0.3, -0.25) is 0 Å². The predicted molar refractivity (Wildman–Crippen MR) is 79.8 cm³/mol. The molecule has 2 aliphatic heterocycles. The number of methoxy groups -OCH3 is 1. The highest BCUT2D eigenvalue weighted by molar-refractivity contribution is 6.53. The smallest absolute Gasteiger partial charge is 0.344 e. The fraction of sp³-hybridized carbons (Fsp3) is 0.154. The third kappa shape index (κ3) is 2.06. The third-order valence-corrected chi connectivity index (χ3v) is 5.11. The van der Waals surface area contributed by atoms with Crippen molar-refractivity contribution in [2.24, 2.45) is 0 Å². The molecule has 0 saturated heterocycles. The number of carbonyl (C=O) groups excluding carboxylic acids is 3. The molecule has 0 N–H and O–H groups in total. The molecule has 0 radical (unpaired) electrons. The highest BCUT2D eigenvalue weighted by Gasteiger charge is 2.60. The third-order valence-electron chi connectivity index (χ3n) is 3.30. The summed E-state index contributed by atoms with van der Waals surface area (Å²) >= 11 is 24.0. The van der Waals surface area contributed by atoms with Gasteiger partial charge in [0.25, 0.3) is 0 Å². The van der Waals surface area contributed by atoms with Crippen LogP contribution >= 0.6 is 46.4 Å². The molecule has 120 valence electrons. The molecule has 0 saturated carbocycles. The molecule has 1 spiro atoms. The Hall–Kier alpha value is -1.47. The van der Waals surface area contributed by atoms with Crippen molar-refractivity contribution in [3.63, 3.8) is 0 Å². The average Bonchev–Trinajstić information content (AvgIpc) is 2.99. The largest absolute Gasteiger partial charge is 0.465 e. The number of benzene rings is 1. The zero-order chi connectivity index (χ0) is 17.1. The maximum absolute atomic E-state index is 12.2. The van der Waals surface area contributed by atoms with Crippen molar-refractivity contribution >= 4 is 64.3 Å². The molecule has 2 aliphatic rings. The summed E-state index contributed by atoms with van der Waals surface area (Å²) in [6, 6.07) is 0. The normalized spacial score (nSPS) is 21.9. The van der Waals surface area contributed by atoms with E-state index in [9.17, 15) is 14.4 Å². The van der Waals surface area contributed by atoms with Crippen molar-refractivity contribution in [3.8, 4) is 0 Å². The minimum atomic E-state index is -2.20. The summed E-state index contributed by atoms with van der Waals surface area (Å²) in [6.07, 6.45) is 0.834. The zero-order valence-electron chi connectivity index (χ0n) is 11.0. The van der Waals surface area contributed by atoms with Crippen molar-refractivity contribution in [3.05, 3.63) is 42.9 Å². The minimum Gasteiger partial charge on any atom is -0.465 e. The number of halogens is 4. The van der Waals surface area contributed by atoms with Crippen LogP contribution in [0.15, 0.2) is 11.6 Å². The molecule has 0 aromatic heterocycles. The van der Waals surface area contributed by atoms with Gasteiger partial charge in [-0.2, -0.15) is 0 Å². The average molecular weight is 398 g/mol. The number of fused-ring (bicyclic) bond motifs is 2. The van der Waals surface area contributed by atoms with Crippen molar-refractivity contribution in [2.45, 2.75) is 5.79 Å². The van der Waals surface area contributed by atoms with Gasteiger partial charge < -0.3 is 14.2 Å². The fourth-order valence-corrected chi connectivity index (χ4v) is 3.42. The predicted octanol–water partition coefficient (Wildman–Crippen LogP) is 3.28. The molecule has 6 nitrogen and oxygen atoms in total. The number of hydrogen-bond acceptors (Lipinski definition) is 6. The van der Waals surface area contributed by atoms with Gasteiger partial charge in [0.2, 0.25) is 0 Å². The van der Waals surface area contributed by atoms with Gasteiger partial charge in [0.05, 0.1) is 38.3 Å². The maximum atomic E-state index is 12.2. The summed E-state index contributed by atoms with van der Waals surface area (Å²) in [6.45, 7) is 0. The zero-order valence-corrected chi connectivity index (χ0v) is 14.1. The SMILES string of the molecule is COC(=O)C1=CC(=O)OC12OC(=O)c1c(Cl)c(Cl)c(Cl)c(Cl)c12. The molecule has 1 aromatic carbocycles. The monoisotopic (exact) mass is 396 g/mol. The van der Waals surface area contributed by atoms with E-state index in [1.165, 1.54) is 0 Å². The first-order chi connectivity index (χ1) is 10.7. The van der Waals surface area contributed by atoms with Gasteiger partial charge in [-0.1, -0.05) is 46.4 Å². The number of esters is 3. The molecule has 0 aliphatic carbocycles. The highest BCUT2D eigenvalue weighted by Crippen LogP contribution is 2.54. The van der Waals surface area contributed by atoms with Crippen LogP contribution in [0.3, 0.4) is 0 Å². The lowest BCUT2D eigenvalue weighted by Crippen LogP contribution is -2.33. The number of ether oxygens (including phenoxy) is 3. The van der Waals surface area contributed by atoms with Crippen LogP contribution in [0.5, 0.6) is 0 Å². The van der Waals surface area contributed by atoms with E-state index >= 15 is 0 Å². The standard InChI is InChI=1S/C13H4Cl4O6/c1-21-11(19)3-2-4(18)22-13(3)6-5(12(20)23-13)7(14)9(16)10(17)8(6)15/h2H,1H3. The summed E-state index contributed by atoms with van der Waals surface area (Å²) in [5, 5.41) is -0.808. The molecule has 1 atom stereocenters. The van der Waals surface area contributed by atoms with Crippen molar-refractivity contribution in [2.75, 3.05) is 7.11 Å². The van der Waals surface area contributed by atoms with Crippen LogP contribution in [0.2, 0.25) is 20.1 Å². The highest BCUT2D eigenvalue weighted by atomic mass is 35.5. The minimum absolute atomic E-state index is 0.168. The lowest BCUT2D eigenvalue weighted by Gasteiger charge is -2.25. The molecule has 2 heterocycles. The molecule has 3 rings (SSSR count). The quantitative estimate of drug-likeness (QED) is 0.411. The van der Waals surface area contributed by atoms with Crippen molar-refractivity contribution in [1.29, 1.82) is 0 Å². The molecular weight excluding hydrogens is 394 g/mol. The first kappa shape index (κ1) is 16.4. The number of carbonyl (C=O) groups is 3. The molecule has 0 bridgehead atoms. The van der Waals surface area contributed by atoms with Gasteiger partial charge >= 0.3 is 23.7 Å². The van der Waals surface area contributed by atoms with E-state index < -0.39 is 23.7 Å². The van der Waals surface area contributed by atoms with E-state index in [-0.39, 0.29) is 36.8 Å². The Balaban J connectivity index is 2.37. The second-order valence-electron chi connectivity index (χ2n) is 4.48. The first-order valence-corrected chi connectivity index (χ1v) is 7.39. The molecule has 0 amide bonds. The molecule has 1 aromatic rings. The van der Waals surface area contributed by atoms with Crippen LogP contribution in [-0.4, -0.2) is 25.0 Å². The van der Waals surface area contributed by atoms with Gasteiger partial charge in [0.1, 0.15) is 5.57 Å².